The fourth-order valence-electron chi connectivity index (χ4n) is 1.96. The molecule has 1 N–H and O–H groups in total. The van der Waals surface area contributed by atoms with Crippen LogP contribution in [0.1, 0.15) is 18.2 Å². The molecule has 7 nitrogen and oxygen atoms in total. The van der Waals surface area contributed by atoms with Crippen molar-refractivity contribution in [2.24, 2.45) is 0 Å². The highest BCUT2D eigenvalue weighted by atomic mass is 16.5. The highest BCUT2D eigenvalue weighted by Crippen LogP contribution is 2.07. The predicted molar refractivity (Wildman–Crippen MR) is 80.1 cm³/mol. The molecule has 7 heteroatoms. The second-order valence-electron chi connectivity index (χ2n) is 4.77. The maximum Gasteiger partial charge on any atom is 0.315 e. The molecular weight excluding hydrogens is 284 g/mol. The van der Waals surface area contributed by atoms with E-state index in [0.717, 1.165) is 5.56 Å². The molecule has 0 radical (unpaired) electrons. The van der Waals surface area contributed by atoms with Crippen molar-refractivity contribution < 1.29 is 14.1 Å². The normalized spacial score (nSPS) is 10.3. The van der Waals surface area contributed by atoms with Gasteiger partial charge in [-0.3, -0.25) is 19.9 Å². The van der Waals surface area contributed by atoms with Crippen LogP contribution in [0, 0.1) is 6.92 Å². The zero-order chi connectivity index (χ0) is 15.9. The summed E-state index contributed by atoms with van der Waals surface area (Å²) in [7, 11) is 0. The van der Waals surface area contributed by atoms with Gasteiger partial charge in [0.25, 0.3) is 0 Å². The van der Waals surface area contributed by atoms with Gasteiger partial charge >= 0.3 is 11.8 Å². The number of carbonyl (C=O) groups excluding carboxylic acids is 2. The van der Waals surface area contributed by atoms with Gasteiger partial charge in [0.2, 0.25) is 0 Å². The SMILES string of the molecule is CCN(CCc1ccncc1)C(=O)C(=O)Nc1cc(C)on1. The molecule has 0 atom stereocenters. The lowest BCUT2D eigenvalue weighted by Gasteiger charge is -2.19. The number of nitrogens with one attached hydrogen (secondary N) is 1. The molecule has 0 unspecified atom stereocenters. The Morgan fingerprint density at radius 2 is 2.05 bits per heavy atom. The van der Waals surface area contributed by atoms with Crippen LogP contribution in [0.25, 0.3) is 0 Å². The molecule has 2 aromatic rings. The Kier molecular flexibility index (Phi) is 5.24. The van der Waals surface area contributed by atoms with E-state index >= 15 is 0 Å². The molecule has 0 aliphatic rings. The number of aryl methyl sites for hydroxylation is 1. The zero-order valence-electron chi connectivity index (χ0n) is 12.6. The summed E-state index contributed by atoms with van der Waals surface area (Å²) in [6.45, 7) is 4.45. The standard InChI is InChI=1S/C15H18N4O3/c1-3-19(9-6-12-4-7-16-8-5-12)15(21)14(20)17-13-10-11(2)22-18-13/h4-5,7-8,10H,3,6,9H2,1-2H3,(H,17,18,20). The van der Waals surface area contributed by atoms with Crippen molar-refractivity contribution in [1.29, 1.82) is 0 Å². The largest absolute Gasteiger partial charge is 0.360 e. The monoisotopic (exact) mass is 302 g/mol. The van der Waals surface area contributed by atoms with Gasteiger partial charge in [-0.15, -0.1) is 0 Å². The van der Waals surface area contributed by atoms with Crippen LogP contribution in [-0.2, 0) is 16.0 Å². The number of likely N-dealkylation sites (N-methyl/N-ethyl adjacent to an activating group) is 1. The van der Waals surface area contributed by atoms with E-state index in [9.17, 15) is 9.59 Å². The van der Waals surface area contributed by atoms with E-state index in [1.807, 2.05) is 19.1 Å². The summed E-state index contributed by atoms with van der Waals surface area (Å²) >= 11 is 0. The van der Waals surface area contributed by atoms with E-state index in [2.05, 4.69) is 15.5 Å². The van der Waals surface area contributed by atoms with Crippen molar-refractivity contribution in [3.63, 3.8) is 0 Å². The quantitative estimate of drug-likeness (QED) is 0.844. The first kappa shape index (κ1) is 15.7. The van der Waals surface area contributed by atoms with Crippen LogP contribution in [-0.4, -0.2) is 39.9 Å². The summed E-state index contributed by atoms with van der Waals surface area (Å²) in [4.78, 5) is 29.5. The summed E-state index contributed by atoms with van der Waals surface area (Å²) in [5, 5.41) is 6.06. The van der Waals surface area contributed by atoms with Crippen LogP contribution in [0.3, 0.4) is 0 Å². The molecule has 0 aliphatic heterocycles. The zero-order valence-corrected chi connectivity index (χ0v) is 12.6. The predicted octanol–water partition coefficient (Wildman–Crippen LogP) is 1.41. The summed E-state index contributed by atoms with van der Waals surface area (Å²) in [5.41, 5.74) is 1.06. The van der Waals surface area contributed by atoms with Gasteiger partial charge in [-0.25, -0.2) is 0 Å². The number of anilines is 1. The van der Waals surface area contributed by atoms with Crippen molar-refractivity contribution >= 4 is 17.6 Å². The average molecular weight is 302 g/mol. The first-order valence-corrected chi connectivity index (χ1v) is 7.02. The lowest BCUT2D eigenvalue weighted by molar-refractivity contribution is -0.143. The smallest absolute Gasteiger partial charge is 0.315 e. The number of hydrogen-bond donors (Lipinski definition) is 1. The van der Waals surface area contributed by atoms with Crippen LogP contribution in [0.15, 0.2) is 35.1 Å². The third-order valence-corrected chi connectivity index (χ3v) is 3.15. The summed E-state index contributed by atoms with van der Waals surface area (Å²) in [6.07, 6.45) is 4.07. The number of amides is 2. The van der Waals surface area contributed by atoms with Crippen LogP contribution in [0.2, 0.25) is 0 Å². The molecule has 2 amide bonds. The molecule has 0 saturated carbocycles. The molecule has 0 saturated heterocycles. The molecule has 2 aromatic heterocycles. The Labute approximate surface area is 128 Å². The first-order valence-electron chi connectivity index (χ1n) is 7.02. The van der Waals surface area contributed by atoms with Gasteiger partial charge < -0.3 is 9.42 Å². The molecule has 116 valence electrons. The minimum atomic E-state index is -0.718. The number of pyridine rings is 1. The summed E-state index contributed by atoms with van der Waals surface area (Å²) in [5.74, 6) is -0.504. The summed E-state index contributed by atoms with van der Waals surface area (Å²) in [6, 6.07) is 5.32. The van der Waals surface area contributed by atoms with Gasteiger partial charge in [0.15, 0.2) is 5.82 Å². The van der Waals surface area contributed by atoms with Gasteiger partial charge in [-0.05, 0) is 38.0 Å². The third kappa shape index (κ3) is 4.15. The number of carbonyl (C=O) groups is 2. The molecular formula is C15H18N4O3. The van der Waals surface area contributed by atoms with Crippen LogP contribution >= 0.6 is 0 Å². The molecule has 0 spiro atoms. The Hall–Kier alpha value is -2.70. The van der Waals surface area contributed by atoms with Crippen molar-refractivity contribution in [3.05, 3.63) is 41.9 Å². The van der Waals surface area contributed by atoms with E-state index in [1.165, 1.54) is 4.90 Å². The molecule has 0 aromatic carbocycles. The van der Waals surface area contributed by atoms with Crippen LogP contribution < -0.4 is 5.32 Å². The van der Waals surface area contributed by atoms with E-state index in [1.54, 1.807) is 25.4 Å². The molecule has 2 rings (SSSR count). The van der Waals surface area contributed by atoms with Crippen LogP contribution in [0.5, 0.6) is 0 Å². The van der Waals surface area contributed by atoms with E-state index < -0.39 is 11.8 Å². The van der Waals surface area contributed by atoms with Crippen molar-refractivity contribution in [2.45, 2.75) is 20.3 Å². The topological polar surface area (TPSA) is 88.3 Å². The van der Waals surface area contributed by atoms with Gasteiger partial charge in [0.1, 0.15) is 5.76 Å². The maximum atomic E-state index is 12.1. The highest BCUT2D eigenvalue weighted by Gasteiger charge is 2.21. The fraction of sp³-hybridized carbons (Fsp3) is 0.333. The molecule has 2 heterocycles. The third-order valence-electron chi connectivity index (χ3n) is 3.15. The lowest BCUT2D eigenvalue weighted by Crippen LogP contribution is -2.40. The van der Waals surface area contributed by atoms with Gasteiger partial charge in [-0.1, -0.05) is 5.16 Å². The minimum Gasteiger partial charge on any atom is -0.360 e. The molecule has 0 bridgehead atoms. The van der Waals surface area contributed by atoms with Gasteiger partial charge in [0, 0.05) is 31.5 Å². The fourth-order valence-corrected chi connectivity index (χ4v) is 1.96. The first-order chi connectivity index (χ1) is 10.6. The number of hydrogen-bond acceptors (Lipinski definition) is 5. The number of rotatable bonds is 5. The van der Waals surface area contributed by atoms with Gasteiger partial charge in [-0.2, -0.15) is 0 Å². The number of aromatic nitrogens is 2. The second kappa shape index (κ2) is 7.35. The highest BCUT2D eigenvalue weighted by molar-refractivity contribution is 6.39. The van der Waals surface area contributed by atoms with E-state index in [4.69, 9.17) is 4.52 Å². The minimum absolute atomic E-state index is 0.237. The van der Waals surface area contributed by atoms with E-state index in [-0.39, 0.29) is 5.82 Å². The Balaban J connectivity index is 1.91. The van der Waals surface area contributed by atoms with Gasteiger partial charge in [0.05, 0.1) is 0 Å². The number of nitrogens with zero attached hydrogens (tertiary/aromatic N) is 3. The van der Waals surface area contributed by atoms with Crippen LogP contribution in [0.4, 0.5) is 5.82 Å². The Morgan fingerprint density at radius 3 is 2.64 bits per heavy atom. The van der Waals surface area contributed by atoms with Crippen molar-refractivity contribution in [2.75, 3.05) is 18.4 Å². The molecule has 0 aliphatic carbocycles. The van der Waals surface area contributed by atoms with E-state index in [0.29, 0.717) is 25.3 Å². The Morgan fingerprint density at radius 1 is 1.32 bits per heavy atom. The van der Waals surface area contributed by atoms with Crippen molar-refractivity contribution in [3.8, 4) is 0 Å². The maximum absolute atomic E-state index is 12.1. The summed E-state index contributed by atoms with van der Waals surface area (Å²) < 4.78 is 4.84. The average Bonchev–Trinajstić information content (AvgIpc) is 2.93. The Bertz CT molecular complexity index is 639. The molecule has 22 heavy (non-hydrogen) atoms. The lowest BCUT2D eigenvalue weighted by atomic mass is 10.2. The van der Waals surface area contributed by atoms with Crippen molar-refractivity contribution in [1.82, 2.24) is 15.0 Å². The molecule has 0 fully saturated rings. The second-order valence-corrected chi connectivity index (χ2v) is 4.77.